The summed E-state index contributed by atoms with van der Waals surface area (Å²) in [7, 11) is 2.03. The van der Waals surface area contributed by atoms with Gasteiger partial charge in [-0.25, -0.2) is 4.98 Å². The summed E-state index contributed by atoms with van der Waals surface area (Å²) in [5.41, 5.74) is 1.88. The lowest BCUT2D eigenvalue weighted by Gasteiger charge is -2.25. The molecule has 0 saturated carbocycles. The fourth-order valence-electron chi connectivity index (χ4n) is 3.09. The number of hydrogen-bond donors (Lipinski definition) is 0. The maximum atomic E-state index is 12.7. The zero-order chi connectivity index (χ0) is 16.2. The predicted octanol–water partition coefficient (Wildman–Crippen LogP) is 3.52. The molecule has 1 atom stereocenters. The zero-order valence-corrected chi connectivity index (χ0v) is 13.8. The second-order valence-electron chi connectivity index (χ2n) is 5.99. The molecular formula is C19H23N3O. The van der Waals surface area contributed by atoms with Crippen LogP contribution in [0.15, 0.2) is 48.7 Å². The van der Waals surface area contributed by atoms with E-state index in [4.69, 9.17) is 0 Å². The summed E-state index contributed by atoms with van der Waals surface area (Å²) in [4.78, 5) is 21.4. The average Bonchev–Trinajstić information content (AvgIpc) is 3.11. The summed E-state index contributed by atoms with van der Waals surface area (Å²) in [6.45, 7) is 3.84. The van der Waals surface area contributed by atoms with Gasteiger partial charge in [0.15, 0.2) is 0 Å². The normalized spacial score (nSPS) is 17.3. The summed E-state index contributed by atoms with van der Waals surface area (Å²) >= 11 is 0. The molecule has 0 bridgehead atoms. The van der Waals surface area contributed by atoms with E-state index in [1.54, 1.807) is 0 Å². The molecule has 1 amide bonds. The fraction of sp³-hybridized carbons (Fsp3) is 0.368. The third-order valence-corrected chi connectivity index (χ3v) is 4.56. The number of aromatic nitrogens is 1. The number of carbonyl (C=O) groups excluding carboxylic acids is 1. The van der Waals surface area contributed by atoms with Crippen molar-refractivity contribution < 1.29 is 4.79 Å². The van der Waals surface area contributed by atoms with Crippen molar-refractivity contribution in [1.82, 2.24) is 9.88 Å². The number of pyridine rings is 1. The van der Waals surface area contributed by atoms with Crippen molar-refractivity contribution in [3.63, 3.8) is 0 Å². The van der Waals surface area contributed by atoms with E-state index in [0.29, 0.717) is 0 Å². The van der Waals surface area contributed by atoms with Crippen molar-refractivity contribution >= 4 is 11.7 Å². The zero-order valence-electron chi connectivity index (χ0n) is 13.8. The molecule has 1 aliphatic heterocycles. The molecule has 0 N–H and O–H groups in total. The van der Waals surface area contributed by atoms with Crippen LogP contribution in [0, 0.1) is 0 Å². The van der Waals surface area contributed by atoms with Gasteiger partial charge in [-0.1, -0.05) is 24.3 Å². The molecule has 4 nitrogen and oxygen atoms in total. The second-order valence-corrected chi connectivity index (χ2v) is 5.99. The molecule has 1 aromatic heterocycles. The Hall–Kier alpha value is -2.36. The molecule has 0 radical (unpaired) electrons. The lowest BCUT2D eigenvalue weighted by Crippen LogP contribution is -2.30. The van der Waals surface area contributed by atoms with E-state index < -0.39 is 0 Å². The molecule has 3 rings (SSSR count). The molecule has 1 fully saturated rings. The van der Waals surface area contributed by atoms with Crippen LogP contribution in [0.4, 0.5) is 5.82 Å². The average molecular weight is 309 g/mol. The van der Waals surface area contributed by atoms with E-state index in [1.165, 1.54) is 0 Å². The van der Waals surface area contributed by atoms with Gasteiger partial charge in [-0.3, -0.25) is 4.79 Å². The molecule has 4 heteroatoms. The lowest BCUT2D eigenvalue weighted by molar-refractivity contribution is 0.0735. The molecule has 1 aliphatic rings. The van der Waals surface area contributed by atoms with E-state index >= 15 is 0 Å². The standard InChI is InChI=1S/C19H23N3O/c1-3-21(2)18-12-11-16(14-20-18)17-10-7-13-22(17)19(23)15-8-5-4-6-9-15/h4-6,8-9,11-12,14,17H,3,7,10,13H2,1-2H3/t17-/m0/s1. The van der Waals surface area contributed by atoms with Gasteiger partial charge >= 0.3 is 0 Å². The van der Waals surface area contributed by atoms with Gasteiger partial charge < -0.3 is 9.80 Å². The van der Waals surface area contributed by atoms with Crippen molar-refractivity contribution in [3.05, 3.63) is 59.8 Å². The monoisotopic (exact) mass is 309 g/mol. The Morgan fingerprint density at radius 3 is 2.70 bits per heavy atom. The highest BCUT2D eigenvalue weighted by molar-refractivity contribution is 5.94. The van der Waals surface area contributed by atoms with Crippen molar-refractivity contribution in [2.45, 2.75) is 25.8 Å². The Morgan fingerprint density at radius 1 is 1.26 bits per heavy atom. The van der Waals surface area contributed by atoms with Gasteiger partial charge in [0.2, 0.25) is 0 Å². The first kappa shape index (κ1) is 15.5. The molecule has 0 unspecified atom stereocenters. The predicted molar refractivity (Wildman–Crippen MR) is 92.6 cm³/mol. The van der Waals surface area contributed by atoms with E-state index in [1.807, 2.05) is 54.5 Å². The molecule has 23 heavy (non-hydrogen) atoms. The Bertz CT molecular complexity index is 654. The van der Waals surface area contributed by atoms with Crippen molar-refractivity contribution in [2.24, 2.45) is 0 Å². The van der Waals surface area contributed by atoms with Gasteiger partial charge in [-0.05, 0) is 43.5 Å². The van der Waals surface area contributed by atoms with Crippen molar-refractivity contribution in [2.75, 3.05) is 25.0 Å². The topological polar surface area (TPSA) is 36.4 Å². The first-order valence-electron chi connectivity index (χ1n) is 8.24. The Morgan fingerprint density at radius 2 is 2.04 bits per heavy atom. The molecule has 0 aliphatic carbocycles. The minimum atomic E-state index is 0.114. The third-order valence-electron chi connectivity index (χ3n) is 4.56. The highest BCUT2D eigenvalue weighted by atomic mass is 16.2. The maximum absolute atomic E-state index is 12.7. The molecule has 2 heterocycles. The SMILES string of the molecule is CCN(C)c1ccc([C@@H]2CCCN2C(=O)c2ccccc2)cn1. The van der Waals surface area contributed by atoms with Gasteiger partial charge in [-0.2, -0.15) is 0 Å². The van der Waals surface area contributed by atoms with Crippen LogP contribution in [-0.2, 0) is 0 Å². The van der Waals surface area contributed by atoms with Crippen LogP contribution in [0.2, 0.25) is 0 Å². The van der Waals surface area contributed by atoms with E-state index in [-0.39, 0.29) is 11.9 Å². The number of rotatable bonds is 4. The van der Waals surface area contributed by atoms with Crippen LogP contribution >= 0.6 is 0 Å². The molecule has 2 aromatic rings. The Balaban J connectivity index is 1.80. The number of anilines is 1. The number of likely N-dealkylation sites (tertiary alicyclic amines) is 1. The van der Waals surface area contributed by atoms with Gasteiger partial charge in [0, 0.05) is 31.9 Å². The second kappa shape index (κ2) is 6.82. The first-order chi connectivity index (χ1) is 11.2. The molecule has 1 saturated heterocycles. The van der Waals surface area contributed by atoms with Crippen LogP contribution in [0.5, 0.6) is 0 Å². The van der Waals surface area contributed by atoms with E-state index in [2.05, 4.69) is 22.9 Å². The number of carbonyl (C=O) groups is 1. The van der Waals surface area contributed by atoms with Crippen LogP contribution < -0.4 is 4.90 Å². The smallest absolute Gasteiger partial charge is 0.254 e. The van der Waals surface area contributed by atoms with Gasteiger partial charge in [0.05, 0.1) is 6.04 Å². The molecule has 120 valence electrons. The van der Waals surface area contributed by atoms with Crippen LogP contribution in [0.1, 0.15) is 41.7 Å². The summed E-state index contributed by atoms with van der Waals surface area (Å²) in [5, 5.41) is 0. The molecule has 0 spiro atoms. The van der Waals surface area contributed by atoms with Crippen LogP contribution in [0.25, 0.3) is 0 Å². The Kier molecular flexibility index (Phi) is 4.60. The van der Waals surface area contributed by atoms with E-state index in [9.17, 15) is 4.79 Å². The first-order valence-corrected chi connectivity index (χ1v) is 8.24. The Labute approximate surface area is 137 Å². The number of amides is 1. The van der Waals surface area contributed by atoms with Gasteiger partial charge in [0.1, 0.15) is 5.82 Å². The summed E-state index contributed by atoms with van der Waals surface area (Å²) in [6, 6.07) is 13.8. The maximum Gasteiger partial charge on any atom is 0.254 e. The highest BCUT2D eigenvalue weighted by Gasteiger charge is 2.30. The quantitative estimate of drug-likeness (QED) is 0.867. The molecule has 1 aromatic carbocycles. The largest absolute Gasteiger partial charge is 0.360 e. The fourth-order valence-corrected chi connectivity index (χ4v) is 3.09. The number of nitrogens with zero attached hydrogens (tertiary/aromatic N) is 3. The molecular weight excluding hydrogens is 286 g/mol. The van der Waals surface area contributed by atoms with Crippen molar-refractivity contribution in [3.8, 4) is 0 Å². The van der Waals surface area contributed by atoms with Gasteiger partial charge in [-0.15, -0.1) is 0 Å². The highest BCUT2D eigenvalue weighted by Crippen LogP contribution is 2.33. The number of benzene rings is 1. The minimum absolute atomic E-state index is 0.114. The third kappa shape index (κ3) is 3.21. The number of hydrogen-bond acceptors (Lipinski definition) is 3. The minimum Gasteiger partial charge on any atom is -0.360 e. The lowest BCUT2D eigenvalue weighted by atomic mass is 10.1. The summed E-state index contributed by atoms with van der Waals surface area (Å²) in [5.74, 6) is 1.08. The summed E-state index contributed by atoms with van der Waals surface area (Å²) < 4.78 is 0. The van der Waals surface area contributed by atoms with E-state index in [0.717, 1.165) is 42.9 Å². The van der Waals surface area contributed by atoms with Gasteiger partial charge in [0.25, 0.3) is 5.91 Å². The van der Waals surface area contributed by atoms with Crippen molar-refractivity contribution in [1.29, 1.82) is 0 Å². The summed E-state index contributed by atoms with van der Waals surface area (Å²) in [6.07, 6.45) is 3.96. The van der Waals surface area contributed by atoms with Crippen LogP contribution in [-0.4, -0.2) is 35.9 Å². The van der Waals surface area contributed by atoms with Crippen LogP contribution in [0.3, 0.4) is 0 Å².